The van der Waals surface area contributed by atoms with Crippen LogP contribution in [0.4, 0.5) is 0 Å². The van der Waals surface area contributed by atoms with Crippen LogP contribution in [0.15, 0.2) is 0 Å². The van der Waals surface area contributed by atoms with Crippen LogP contribution in [0.5, 0.6) is 0 Å². The molecule has 1 atom stereocenters. The highest BCUT2D eigenvalue weighted by Gasteiger charge is 2.32. The first-order valence-electron chi connectivity index (χ1n) is 7.90. The van der Waals surface area contributed by atoms with Crippen LogP contribution in [-0.4, -0.2) is 38.9 Å². The zero-order valence-corrected chi connectivity index (χ0v) is 13.4. The molecule has 1 saturated heterocycles. The minimum atomic E-state index is -3.34. The molecule has 0 bridgehead atoms. The molecule has 1 saturated carbocycles. The third-order valence-corrected chi connectivity index (χ3v) is 6.42. The molecule has 0 amide bonds. The first-order valence-corrected chi connectivity index (χ1v) is 9.34. The average Bonchev–Trinajstić information content (AvgIpc) is 2.46. The van der Waals surface area contributed by atoms with Gasteiger partial charge >= 0.3 is 0 Å². The molecule has 1 heterocycles. The van der Waals surface area contributed by atoms with Crippen LogP contribution in [-0.2, 0) is 10.2 Å². The van der Waals surface area contributed by atoms with E-state index in [4.69, 9.17) is 5.73 Å². The number of piperidine rings is 1. The normalized spacial score (nSPS) is 28.4. The summed E-state index contributed by atoms with van der Waals surface area (Å²) in [6.45, 7) is 4.54. The third-order valence-electron chi connectivity index (χ3n) is 4.90. The van der Waals surface area contributed by atoms with Gasteiger partial charge in [-0.05, 0) is 43.6 Å². The number of hydrogen-bond acceptors (Lipinski definition) is 3. The second-order valence-electron chi connectivity index (χ2n) is 6.80. The Bertz CT molecular complexity index is 405. The molecule has 5 nitrogen and oxygen atoms in total. The van der Waals surface area contributed by atoms with Crippen molar-refractivity contribution < 1.29 is 8.42 Å². The Labute approximate surface area is 123 Å². The minimum absolute atomic E-state index is 0.133. The molecule has 1 aliphatic carbocycles. The average molecular weight is 303 g/mol. The largest absolute Gasteiger partial charge is 0.330 e. The molecule has 2 rings (SSSR count). The Morgan fingerprint density at radius 1 is 1.25 bits per heavy atom. The lowest BCUT2D eigenvalue weighted by Crippen LogP contribution is -2.49. The van der Waals surface area contributed by atoms with E-state index >= 15 is 0 Å². The van der Waals surface area contributed by atoms with Gasteiger partial charge in [0.25, 0.3) is 10.2 Å². The van der Waals surface area contributed by atoms with Gasteiger partial charge in [-0.3, -0.25) is 0 Å². The molecule has 1 aliphatic heterocycles. The van der Waals surface area contributed by atoms with E-state index in [2.05, 4.69) is 11.6 Å². The van der Waals surface area contributed by atoms with Gasteiger partial charge < -0.3 is 5.73 Å². The van der Waals surface area contributed by atoms with Crippen molar-refractivity contribution in [3.63, 3.8) is 0 Å². The van der Waals surface area contributed by atoms with Gasteiger partial charge in [0.1, 0.15) is 0 Å². The van der Waals surface area contributed by atoms with E-state index in [1.54, 1.807) is 4.31 Å². The van der Waals surface area contributed by atoms with Crippen LogP contribution in [0.3, 0.4) is 0 Å². The lowest BCUT2D eigenvalue weighted by atomic mass is 9.76. The lowest BCUT2D eigenvalue weighted by Gasteiger charge is -2.36. The van der Waals surface area contributed by atoms with Crippen molar-refractivity contribution in [3.8, 4) is 0 Å². The van der Waals surface area contributed by atoms with Crippen molar-refractivity contribution in [2.45, 2.75) is 51.9 Å². The summed E-state index contributed by atoms with van der Waals surface area (Å²) in [6, 6.07) is 0. The van der Waals surface area contributed by atoms with Gasteiger partial charge in [0.05, 0.1) is 0 Å². The minimum Gasteiger partial charge on any atom is -0.330 e. The van der Waals surface area contributed by atoms with Gasteiger partial charge in [-0.15, -0.1) is 0 Å². The highest BCUT2D eigenvalue weighted by atomic mass is 32.2. The smallest absolute Gasteiger partial charge is 0.279 e. The van der Waals surface area contributed by atoms with Crippen LogP contribution in [0, 0.1) is 11.3 Å². The molecule has 2 fully saturated rings. The van der Waals surface area contributed by atoms with Gasteiger partial charge in [-0.1, -0.05) is 26.2 Å². The molecule has 20 heavy (non-hydrogen) atoms. The van der Waals surface area contributed by atoms with Gasteiger partial charge in [0.2, 0.25) is 0 Å². The first kappa shape index (κ1) is 16.2. The summed E-state index contributed by atoms with van der Waals surface area (Å²) in [7, 11) is -3.34. The number of nitrogens with zero attached hydrogens (tertiary/aromatic N) is 1. The molecular weight excluding hydrogens is 274 g/mol. The Kier molecular flexibility index (Phi) is 5.45. The zero-order chi connectivity index (χ0) is 14.6. The third kappa shape index (κ3) is 4.16. The maximum absolute atomic E-state index is 12.4. The summed E-state index contributed by atoms with van der Waals surface area (Å²) in [5.41, 5.74) is 5.81. The van der Waals surface area contributed by atoms with Crippen molar-refractivity contribution in [2.24, 2.45) is 17.1 Å². The highest BCUT2D eigenvalue weighted by Crippen LogP contribution is 2.35. The molecule has 118 valence electrons. The fraction of sp³-hybridized carbons (Fsp3) is 1.00. The second-order valence-corrected chi connectivity index (χ2v) is 8.55. The maximum Gasteiger partial charge on any atom is 0.279 e. The Morgan fingerprint density at radius 2 is 1.95 bits per heavy atom. The number of rotatable bonds is 5. The van der Waals surface area contributed by atoms with Crippen molar-refractivity contribution >= 4 is 10.2 Å². The summed E-state index contributed by atoms with van der Waals surface area (Å²) >= 11 is 0. The number of nitrogens with one attached hydrogen (secondary N) is 1. The van der Waals surface area contributed by atoms with E-state index in [1.165, 1.54) is 19.3 Å². The van der Waals surface area contributed by atoms with E-state index < -0.39 is 10.2 Å². The van der Waals surface area contributed by atoms with Gasteiger partial charge in [-0.2, -0.15) is 12.7 Å². The van der Waals surface area contributed by atoms with Crippen LogP contribution >= 0.6 is 0 Å². The lowest BCUT2D eigenvalue weighted by molar-refractivity contribution is 0.214. The molecule has 3 N–H and O–H groups in total. The highest BCUT2D eigenvalue weighted by molar-refractivity contribution is 7.87. The number of hydrogen-bond donors (Lipinski definition) is 2. The molecule has 0 radical (unpaired) electrons. The summed E-state index contributed by atoms with van der Waals surface area (Å²) in [5, 5.41) is 0. The first-order chi connectivity index (χ1) is 9.45. The fourth-order valence-corrected chi connectivity index (χ4v) is 4.87. The Hall–Kier alpha value is -0.170. The monoisotopic (exact) mass is 303 g/mol. The van der Waals surface area contributed by atoms with Gasteiger partial charge in [-0.25, -0.2) is 4.72 Å². The molecular formula is C14H29N3O2S. The van der Waals surface area contributed by atoms with E-state index in [0.29, 0.717) is 32.1 Å². The van der Waals surface area contributed by atoms with Crippen molar-refractivity contribution in [3.05, 3.63) is 0 Å². The Balaban J connectivity index is 1.90. The zero-order valence-electron chi connectivity index (χ0n) is 12.6. The standard InChI is InChI=1S/C14H29N3O2S/c1-14(7-3-2-4-8-14)12-16-20(18,19)17-9-5-6-13(10-15)11-17/h13,16H,2-12,15H2,1H3. The molecule has 6 heteroatoms. The van der Waals surface area contributed by atoms with Crippen molar-refractivity contribution in [1.82, 2.24) is 9.03 Å². The van der Waals surface area contributed by atoms with Crippen LogP contribution in [0.25, 0.3) is 0 Å². The number of nitrogens with two attached hydrogens (primary N) is 1. The van der Waals surface area contributed by atoms with E-state index in [1.807, 2.05) is 0 Å². The summed E-state index contributed by atoms with van der Waals surface area (Å²) in [5.74, 6) is 0.311. The van der Waals surface area contributed by atoms with Gasteiger partial charge in [0, 0.05) is 19.6 Å². The maximum atomic E-state index is 12.4. The quantitative estimate of drug-likeness (QED) is 0.807. The molecule has 0 aromatic carbocycles. The summed E-state index contributed by atoms with van der Waals surface area (Å²) in [4.78, 5) is 0. The predicted molar refractivity (Wildman–Crippen MR) is 81.5 cm³/mol. The van der Waals surface area contributed by atoms with Gasteiger partial charge in [0.15, 0.2) is 0 Å². The molecule has 0 aromatic heterocycles. The second kappa shape index (κ2) is 6.73. The fourth-order valence-electron chi connectivity index (χ4n) is 3.38. The van der Waals surface area contributed by atoms with Crippen LogP contribution in [0.2, 0.25) is 0 Å². The topological polar surface area (TPSA) is 75.4 Å². The molecule has 1 unspecified atom stereocenters. The summed E-state index contributed by atoms with van der Waals surface area (Å²) in [6.07, 6.45) is 7.93. The Morgan fingerprint density at radius 3 is 2.60 bits per heavy atom. The van der Waals surface area contributed by atoms with Crippen molar-refractivity contribution in [1.29, 1.82) is 0 Å². The van der Waals surface area contributed by atoms with E-state index in [-0.39, 0.29) is 5.41 Å². The van der Waals surface area contributed by atoms with Crippen LogP contribution in [0.1, 0.15) is 51.9 Å². The molecule has 0 spiro atoms. The van der Waals surface area contributed by atoms with Crippen molar-refractivity contribution in [2.75, 3.05) is 26.2 Å². The van der Waals surface area contributed by atoms with E-state index in [9.17, 15) is 8.42 Å². The SMILES string of the molecule is CC1(CNS(=O)(=O)N2CCCC(CN)C2)CCCCC1. The molecule has 0 aromatic rings. The molecule has 2 aliphatic rings. The van der Waals surface area contributed by atoms with Crippen LogP contribution < -0.4 is 10.5 Å². The predicted octanol–water partition coefficient (Wildman–Crippen LogP) is 1.46. The van der Waals surface area contributed by atoms with E-state index in [0.717, 1.165) is 25.7 Å². The summed E-state index contributed by atoms with van der Waals surface area (Å²) < 4.78 is 29.2.